The number of rotatable bonds is 12. The molecule has 0 aliphatic rings. The van der Waals surface area contributed by atoms with Crippen molar-refractivity contribution in [2.45, 2.75) is 40.3 Å². The minimum atomic E-state index is -0.605. The maximum atomic E-state index is 12.3. The summed E-state index contributed by atoms with van der Waals surface area (Å²) in [6.07, 6.45) is 2.03. The first-order chi connectivity index (χ1) is 17.0. The largest absolute Gasteiger partial charge is 0.497 e. The molecule has 9 nitrogen and oxygen atoms in total. The van der Waals surface area contributed by atoms with E-state index in [-0.39, 0.29) is 18.2 Å². The van der Waals surface area contributed by atoms with Crippen molar-refractivity contribution >= 4 is 28.2 Å². The van der Waals surface area contributed by atoms with Crippen LogP contribution in [0.1, 0.15) is 39.2 Å². The summed E-state index contributed by atoms with van der Waals surface area (Å²) >= 11 is 0. The van der Waals surface area contributed by atoms with E-state index in [2.05, 4.69) is 34.1 Å². The third kappa shape index (κ3) is 6.66. The lowest BCUT2D eigenvalue weighted by Gasteiger charge is -2.22. The molecule has 35 heavy (non-hydrogen) atoms. The molecular formula is C26H33N5O4. The first-order valence-corrected chi connectivity index (χ1v) is 11.8. The molecule has 9 heteroatoms. The number of nitrogens with zero attached hydrogens (tertiary/aromatic N) is 5. The normalized spacial score (nSPS) is 12.1. The van der Waals surface area contributed by atoms with Gasteiger partial charge in [0, 0.05) is 5.39 Å². The quantitative estimate of drug-likeness (QED) is 0.210. The van der Waals surface area contributed by atoms with E-state index in [4.69, 9.17) is 9.57 Å². The second kappa shape index (κ2) is 12.7. The van der Waals surface area contributed by atoms with Crippen molar-refractivity contribution in [1.82, 2.24) is 9.47 Å². The van der Waals surface area contributed by atoms with Gasteiger partial charge in [-0.05, 0) is 68.8 Å². The van der Waals surface area contributed by atoms with Crippen molar-refractivity contribution in [2.75, 3.05) is 26.8 Å². The van der Waals surface area contributed by atoms with Crippen LogP contribution in [0.25, 0.3) is 10.9 Å². The van der Waals surface area contributed by atoms with E-state index in [0.29, 0.717) is 12.4 Å². The second-order valence-corrected chi connectivity index (χ2v) is 8.15. The van der Waals surface area contributed by atoms with Crippen LogP contribution < -0.4 is 4.74 Å². The summed E-state index contributed by atoms with van der Waals surface area (Å²) in [6, 6.07) is 14.9. The predicted octanol–water partition coefficient (Wildman–Crippen LogP) is 5.49. The molecular weight excluding hydrogens is 446 g/mol. The van der Waals surface area contributed by atoms with Crippen LogP contribution in [-0.2, 0) is 16.3 Å². The van der Waals surface area contributed by atoms with Gasteiger partial charge in [0.15, 0.2) is 12.3 Å². The van der Waals surface area contributed by atoms with Crippen LogP contribution in [0.15, 0.2) is 63.9 Å². The zero-order valence-electron chi connectivity index (χ0n) is 20.8. The monoisotopic (exact) mass is 479 g/mol. The van der Waals surface area contributed by atoms with Crippen LogP contribution in [0.2, 0.25) is 0 Å². The molecule has 1 amide bonds. The molecule has 0 unspecified atom stereocenters. The van der Waals surface area contributed by atoms with Crippen molar-refractivity contribution in [2.24, 2.45) is 15.4 Å². The van der Waals surface area contributed by atoms with Gasteiger partial charge < -0.3 is 14.7 Å². The van der Waals surface area contributed by atoms with E-state index >= 15 is 0 Å². The van der Waals surface area contributed by atoms with Crippen molar-refractivity contribution in [3.05, 3.63) is 54.1 Å². The predicted molar refractivity (Wildman–Crippen MR) is 136 cm³/mol. The second-order valence-electron chi connectivity index (χ2n) is 8.15. The summed E-state index contributed by atoms with van der Waals surface area (Å²) in [5, 5.41) is 23.5. The Morgan fingerprint density at radius 1 is 1.06 bits per heavy atom. The van der Waals surface area contributed by atoms with Crippen LogP contribution in [-0.4, -0.2) is 53.0 Å². The molecule has 1 N–H and O–H groups in total. The Bertz CT molecular complexity index is 1180. The van der Waals surface area contributed by atoms with Crippen molar-refractivity contribution in [3.8, 4) is 11.6 Å². The Hall–Kier alpha value is -3.72. The number of aromatic nitrogens is 1. The molecule has 0 saturated heterocycles. The van der Waals surface area contributed by atoms with Gasteiger partial charge >= 0.3 is 5.91 Å². The van der Waals surface area contributed by atoms with Crippen LogP contribution in [0, 0.1) is 0 Å². The van der Waals surface area contributed by atoms with Gasteiger partial charge in [0.25, 0.3) is 0 Å². The molecule has 0 bridgehead atoms. The molecule has 0 spiro atoms. The molecule has 0 aliphatic carbocycles. The van der Waals surface area contributed by atoms with E-state index < -0.39 is 5.91 Å². The highest BCUT2D eigenvalue weighted by molar-refractivity contribution is 5.98. The standard InChI is InChI=1S/C26H33N5O4/c1-5-15-30(16-6-2)18-31-23-10-8-7-9-22(23)25(26(31)33)28-27-24(32)17-35-29-19(3)20-11-13-21(34-4)14-12-20/h7-14,33H,5-6,15-18H2,1-4H3. The first kappa shape index (κ1) is 25.9. The molecule has 0 aliphatic heterocycles. The lowest BCUT2D eigenvalue weighted by atomic mass is 10.1. The number of amides is 1. The number of azo groups is 1. The summed E-state index contributed by atoms with van der Waals surface area (Å²) < 4.78 is 6.95. The fourth-order valence-electron chi connectivity index (χ4n) is 3.80. The SMILES string of the molecule is CCCN(CCC)Cn1c(O)c(N=NC(=O)CON=C(C)c2ccc(OC)cc2)c2ccccc21. The summed E-state index contributed by atoms with van der Waals surface area (Å²) in [7, 11) is 1.60. The van der Waals surface area contributed by atoms with Gasteiger partial charge in [-0.1, -0.05) is 37.2 Å². The Morgan fingerprint density at radius 3 is 2.40 bits per heavy atom. The average Bonchev–Trinajstić information content (AvgIpc) is 3.13. The lowest BCUT2D eigenvalue weighted by molar-refractivity contribution is -0.122. The van der Waals surface area contributed by atoms with Crippen LogP contribution in [0.5, 0.6) is 11.6 Å². The molecule has 3 rings (SSSR count). The van der Waals surface area contributed by atoms with Gasteiger partial charge in [0.2, 0.25) is 5.88 Å². The molecule has 1 aromatic heterocycles. The minimum absolute atomic E-state index is 0.0192. The number of carbonyl (C=O) groups is 1. The zero-order valence-corrected chi connectivity index (χ0v) is 20.8. The van der Waals surface area contributed by atoms with Gasteiger partial charge in [-0.15, -0.1) is 10.2 Å². The maximum absolute atomic E-state index is 12.3. The van der Waals surface area contributed by atoms with Gasteiger partial charge in [0.1, 0.15) is 5.75 Å². The molecule has 0 atom stereocenters. The van der Waals surface area contributed by atoms with Gasteiger partial charge in [-0.3, -0.25) is 14.3 Å². The molecule has 1 heterocycles. The third-order valence-corrected chi connectivity index (χ3v) is 5.50. The number of carbonyl (C=O) groups excluding carboxylic acids is 1. The van der Waals surface area contributed by atoms with E-state index in [9.17, 15) is 9.90 Å². The number of benzene rings is 2. The van der Waals surface area contributed by atoms with Crippen molar-refractivity contribution in [3.63, 3.8) is 0 Å². The summed E-state index contributed by atoms with van der Waals surface area (Å²) in [5.41, 5.74) is 2.55. The number of aromatic hydroxyl groups is 1. The van der Waals surface area contributed by atoms with Crippen LogP contribution in [0.4, 0.5) is 5.69 Å². The van der Waals surface area contributed by atoms with E-state index in [1.807, 2.05) is 48.5 Å². The van der Waals surface area contributed by atoms with E-state index in [1.165, 1.54) is 0 Å². The first-order valence-electron chi connectivity index (χ1n) is 11.8. The molecule has 186 valence electrons. The Balaban J connectivity index is 1.71. The van der Waals surface area contributed by atoms with Crippen molar-refractivity contribution < 1.29 is 19.5 Å². The highest BCUT2D eigenvalue weighted by atomic mass is 16.6. The highest BCUT2D eigenvalue weighted by Crippen LogP contribution is 2.39. The lowest BCUT2D eigenvalue weighted by Crippen LogP contribution is -2.27. The molecule has 0 radical (unpaired) electrons. The fraction of sp³-hybridized carbons (Fsp3) is 0.385. The van der Waals surface area contributed by atoms with Crippen LogP contribution in [0.3, 0.4) is 0 Å². The Labute approximate surface area is 205 Å². The molecule has 2 aromatic carbocycles. The summed E-state index contributed by atoms with van der Waals surface area (Å²) in [6.45, 7) is 8.04. The highest BCUT2D eigenvalue weighted by Gasteiger charge is 2.18. The smallest absolute Gasteiger partial charge is 0.304 e. The number of fused-ring (bicyclic) bond motifs is 1. The van der Waals surface area contributed by atoms with E-state index in [1.54, 1.807) is 18.6 Å². The summed E-state index contributed by atoms with van der Waals surface area (Å²) in [4.78, 5) is 19.7. The molecule has 0 saturated carbocycles. The third-order valence-electron chi connectivity index (χ3n) is 5.50. The maximum Gasteiger partial charge on any atom is 0.304 e. The number of methoxy groups -OCH3 is 1. The Morgan fingerprint density at radius 2 is 1.74 bits per heavy atom. The van der Waals surface area contributed by atoms with Gasteiger partial charge in [-0.2, -0.15) is 0 Å². The summed E-state index contributed by atoms with van der Waals surface area (Å²) in [5.74, 6) is 0.117. The topological polar surface area (TPSA) is 101 Å². The minimum Gasteiger partial charge on any atom is -0.497 e. The Kier molecular flexibility index (Phi) is 9.37. The van der Waals surface area contributed by atoms with E-state index in [0.717, 1.165) is 48.1 Å². The molecule has 0 fully saturated rings. The number of hydrogen-bond acceptors (Lipinski definition) is 7. The number of hydrogen-bond donors (Lipinski definition) is 1. The van der Waals surface area contributed by atoms with Gasteiger partial charge in [0.05, 0.1) is 25.0 Å². The average molecular weight is 480 g/mol. The van der Waals surface area contributed by atoms with Crippen LogP contribution >= 0.6 is 0 Å². The van der Waals surface area contributed by atoms with Gasteiger partial charge in [-0.25, -0.2) is 0 Å². The molecule has 3 aromatic rings. The zero-order chi connectivity index (χ0) is 25.2. The number of para-hydroxylation sites is 1. The van der Waals surface area contributed by atoms with Crippen molar-refractivity contribution in [1.29, 1.82) is 0 Å². The number of ether oxygens (including phenoxy) is 1. The fourth-order valence-corrected chi connectivity index (χ4v) is 3.80. The number of oxime groups is 1.